The van der Waals surface area contributed by atoms with E-state index in [0.29, 0.717) is 18.4 Å². The summed E-state index contributed by atoms with van der Waals surface area (Å²) in [5.41, 5.74) is 0.932. The molecule has 0 spiro atoms. The van der Waals surface area contributed by atoms with Gasteiger partial charge < -0.3 is 10.0 Å². The quantitative estimate of drug-likeness (QED) is 0.908. The number of benzene rings is 1. The Bertz CT molecular complexity index is 610. The van der Waals surface area contributed by atoms with Gasteiger partial charge in [0.25, 0.3) is 5.91 Å². The predicted octanol–water partition coefficient (Wildman–Crippen LogP) is 3.02. The summed E-state index contributed by atoms with van der Waals surface area (Å²) in [4.78, 5) is 14.2. The van der Waals surface area contributed by atoms with Gasteiger partial charge in [0.2, 0.25) is 0 Å². The Hall–Kier alpha value is -1.84. The van der Waals surface area contributed by atoms with E-state index in [2.05, 4.69) is 0 Å². The highest BCUT2D eigenvalue weighted by molar-refractivity contribution is 5.89. The molecule has 0 aromatic heterocycles. The minimum Gasteiger partial charge on any atom is -0.512 e. The molecule has 4 rings (SSSR count). The Morgan fingerprint density at radius 2 is 1.90 bits per heavy atom. The van der Waals surface area contributed by atoms with Crippen molar-refractivity contribution in [3.63, 3.8) is 0 Å². The molecule has 1 heterocycles. The summed E-state index contributed by atoms with van der Waals surface area (Å²) in [5, 5.41) is 10.2. The molecular weight excluding hydrogens is 269 g/mol. The Labute approximate surface area is 123 Å². The molecule has 110 valence electrons. The van der Waals surface area contributed by atoms with E-state index in [4.69, 9.17) is 0 Å². The molecule has 1 aromatic rings. The van der Waals surface area contributed by atoms with Crippen molar-refractivity contribution >= 4 is 5.91 Å². The lowest BCUT2D eigenvalue weighted by atomic mass is 9.80. The molecule has 1 amide bonds. The van der Waals surface area contributed by atoms with Crippen molar-refractivity contribution in [1.82, 2.24) is 4.90 Å². The van der Waals surface area contributed by atoms with Crippen molar-refractivity contribution in [2.75, 3.05) is 0 Å². The summed E-state index contributed by atoms with van der Waals surface area (Å²) >= 11 is 0. The number of aliphatic hydroxyl groups is 1. The summed E-state index contributed by atoms with van der Waals surface area (Å²) in [6.45, 7) is 0.493. The van der Waals surface area contributed by atoms with Crippen LogP contribution in [0.5, 0.6) is 0 Å². The topological polar surface area (TPSA) is 40.5 Å². The lowest BCUT2D eigenvalue weighted by Crippen LogP contribution is -2.50. The van der Waals surface area contributed by atoms with Crippen molar-refractivity contribution in [2.45, 2.75) is 31.8 Å². The van der Waals surface area contributed by atoms with E-state index in [1.165, 1.54) is 18.2 Å². The number of nitrogens with zero attached hydrogens (tertiary/aromatic N) is 1. The normalized spacial score (nSPS) is 34.0. The highest BCUT2D eigenvalue weighted by atomic mass is 19.1. The summed E-state index contributed by atoms with van der Waals surface area (Å²) < 4.78 is 13.0. The molecular formula is C17H18FNO2. The van der Waals surface area contributed by atoms with Gasteiger partial charge in [0.1, 0.15) is 11.6 Å². The molecule has 3 aliphatic rings. The third kappa shape index (κ3) is 1.96. The molecule has 2 aliphatic carbocycles. The summed E-state index contributed by atoms with van der Waals surface area (Å²) in [5.74, 6) is 1.01. The van der Waals surface area contributed by atoms with Crippen LogP contribution in [-0.4, -0.2) is 22.0 Å². The molecule has 0 radical (unpaired) electrons. The Morgan fingerprint density at radius 3 is 2.67 bits per heavy atom. The van der Waals surface area contributed by atoms with Gasteiger partial charge in [-0.05, 0) is 48.8 Å². The second-order valence-electron chi connectivity index (χ2n) is 6.51. The smallest absolute Gasteiger partial charge is 0.250 e. The fourth-order valence-corrected chi connectivity index (χ4v) is 4.55. The molecule has 1 aliphatic heterocycles. The maximum absolute atomic E-state index is 13.0. The maximum atomic E-state index is 13.0. The third-order valence-electron chi connectivity index (χ3n) is 5.39. The second kappa shape index (κ2) is 4.58. The third-order valence-corrected chi connectivity index (χ3v) is 5.39. The van der Waals surface area contributed by atoms with Crippen LogP contribution in [0.15, 0.2) is 36.1 Å². The van der Waals surface area contributed by atoms with Gasteiger partial charge in [-0.1, -0.05) is 12.1 Å². The van der Waals surface area contributed by atoms with Crippen LogP contribution in [0.4, 0.5) is 4.39 Å². The van der Waals surface area contributed by atoms with Crippen LogP contribution < -0.4 is 0 Å². The first-order valence-electron chi connectivity index (χ1n) is 7.59. The van der Waals surface area contributed by atoms with E-state index in [1.807, 2.05) is 4.90 Å². The number of hydrogen-bond acceptors (Lipinski definition) is 2. The van der Waals surface area contributed by atoms with Crippen molar-refractivity contribution in [1.29, 1.82) is 0 Å². The van der Waals surface area contributed by atoms with Crippen LogP contribution in [0.3, 0.4) is 0 Å². The van der Waals surface area contributed by atoms with E-state index >= 15 is 0 Å². The molecule has 21 heavy (non-hydrogen) atoms. The maximum Gasteiger partial charge on any atom is 0.250 e. The average Bonchev–Trinajstić information content (AvgIpc) is 3.06. The van der Waals surface area contributed by atoms with E-state index in [1.54, 1.807) is 12.1 Å². The minimum absolute atomic E-state index is 0.113. The number of amides is 1. The molecule has 4 atom stereocenters. The van der Waals surface area contributed by atoms with Gasteiger partial charge in [-0.2, -0.15) is 0 Å². The van der Waals surface area contributed by atoms with Crippen LogP contribution in [0.2, 0.25) is 0 Å². The summed E-state index contributed by atoms with van der Waals surface area (Å²) in [7, 11) is 0. The lowest BCUT2D eigenvalue weighted by Gasteiger charge is -2.42. The number of rotatable bonds is 2. The molecule has 1 aromatic carbocycles. The van der Waals surface area contributed by atoms with E-state index < -0.39 is 0 Å². The molecule has 2 bridgehead atoms. The first-order chi connectivity index (χ1) is 10.1. The number of aliphatic hydroxyl groups excluding tert-OH is 1. The fraction of sp³-hybridized carbons (Fsp3) is 0.471. The zero-order chi connectivity index (χ0) is 14.6. The Balaban J connectivity index is 1.64. The van der Waals surface area contributed by atoms with Crippen LogP contribution in [0.1, 0.15) is 24.8 Å². The van der Waals surface area contributed by atoms with Gasteiger partial charge in [-0.3, -0.25) is 4.79 Å². The van der Waals surface area contributed by atoms with E-state index in [9.17, 15) is 14.3 Å². The van der Waals surface area contributed by atoms with Crippen LogP contribution in [0.25, 0.3) is 0 Å². The van der Waals surface area contributed by atoms with Crippen molar-refractivity contribution in [3.05, 3.63) is 47.5 Å². The Kier molecular flexibility index (Phi) is 2.81. The van der Waals surface area contributed by atoms with Crippen LogP contribution >= 0.6 is 0 Å². The molecule has 2 fully saturated rings. The van der Waals surface area contributed by atoms with Crippen molar-refractivity contribution in [3.8, 4) is 0 Å². The SMILES string of the molecule is O=C1C=C(O)[C@@H]2C3CCC(C3)[C@@H]2N1Cc1ccc(F)cc1. The lowest BCUT2D eigenvalue weighted by molar-refractivity contribution is -0.133. The first-order valence-corrected chi connectivity index (χ1v) is 7.59. The standard InChI is InChI=1S/C17H18FNO2/c18-13-5-1-10(2-6-13)9-19-15(21)8-14(20)16-11-3-4-12(7-11)17(16)19/h1-2,5-6,8,11-12,16-17,20H,3-4,7,9H2/t11?,12?,16-,17-/m0/s1. The van der Waals surface area contributed by atoms with Gasteiger partial charge in [-0.15, -0.1) is 0 Å². The van der Waals surface area contributed by atoms with Gasteiger partial charge >= 0.3 is 0 Å². The second-order valence-corrected chi connectivity index (χ2v) is 6.51. The van der Waals surface area contributed by atoms with Gasteiger partial charge in [0, 0.05) is 24.6 Å². The number of carbonyl (C=O) groups excluding carboxylic acids is 1. The highest BCUT2D eigenvalue weighted by Crippen LogP contribution is 2.54. The number of fused-ring (bicyclic) bond motifs is 5. The van der Waals surface area contributed by atoms with Crippen molar-refractivity contribution < 1.29 is 14.3 Å². The van der Waals surface area contributed by atoms with Crippen LogP contribution in [0, 0.1) is 23.6 Å². The summed E-state index contributed by atoms with van der Waals surface area (Å²) in [6.07, 6.45) is 4.79. The number of carbonyl (C=O) groups is 1. The number of halogens is 1. The van der Waals surface area contributed by atoms with Gasteiger partial charge in [0.05, 0.1) is 0 Å². The zero-order valence-corrected chi connectivity index (χ0v) is 11.7. The van der Waals surface area contributed by atoms with Crippen LogP contribution in [-0.2, 0) is 11.3 Å². The average molecular weight is 287 g/mol. The monoisotopic (exact) mass is 287 g/mol. The fourth-order valence-electron chi connectivity index (χ4n) is 4.55. The Morgan fingerprint density at radius 1 is 1.19 bits per heavy atom. The first kappa shape index (κ1) is 12.9. The van der Waals surface area contributed by atoms with Gasteiger partial charge in [0.15, 0.2) is 0 Å². The minimum atomic E-state index is -0.265. The van der Waals surface area contributed by atoms with Crippen molar-refractivity contribution in [2.24, 2.45) is 17.8 Å². The van der Waals surface area contributed by atoms with E-state index in [-0.39, 0.29) is 29.4 Å². The zero-order valence-electron chi connectivity index (χ0n) is 11.7. The molecule has 2 saturated carbocycles. The molecule has 2 unspecified atom stereocenters. The van der Waals surface area contributed by atoms with E-state index in [0.717, 1.165) is 24.8 Å². The molecule has 3 nitrogen and oxygen atoms in total. The predicted molar refractivity (Wildman–Crippen MR) is 75.8 cm³/mol. The molecule has 0 saturated heterocycles. The highest BCUT2D eigenvalue weighted by Gasteiger charge is 2.54. The largest absolute Gasteiger partial charge is 0.512 e. The number of hydrogen-bond donors (Lipinski definition) is 1. The molecule has 4 heteroatoms. The molecule has 1 N–H and O–H groups in total. The summed E-state index contributed by atoms with van der Waals surface area (Å²) in [6, 6.07) is 6.42. The van der Waals surface area contributed by atoms with Gasteiger partial charge in [-0.25, -0.2) is 4.39 Å².